The Morgan fingerprint density at radius 3 is 2.32 bits per heavy atom. The zero-order valence-electron chi connectivity index (χ0n) is 17.2. The van der Waals surface area contributed by atoms with Crippen LogP contribution in [0.3, 0.4) is 0 Å². The van der Waals surface area contributed by atoms with Gasteiger partial charge in [-0.25, -0.2) is 9.18 Å². The fraction of sp³-hybridized carbons (Fsp3) is 0.625. The smallest absolute Gasteiger partial charge is 0.335 e. The first-order valence-corrected chi connectivity index (χ1v) is 10.8. The van der Waals surface area contributed by atoms with Crippen molar-refractivity contribution in [2.24, 2.45) is 5.41 Å². The lowest BCUT2D eigenvalue weighted by molar-refractivity contribution is -0.129. The van der Waals surface area contributed by atoms with Gasteiger partial charge >= 0.3 is 5.97 Å². The molecular formula is C24H32F2O2. The normalized spacial score (nSPS) is 26.7. The first-order chi connectivity index (χ1) is 13.5. The average molecular weight is 391 g/mol. The molecule has 0 N–H and O–H groups in total. The molecule has 0 saturated heterocycles. The second-order valence-corrected chi connectivity index (χ2v) is 8.71. The Morgan fingerprint density at radius 2 is 1.71 bits per heavy atom. The number of esters is 1. The van der Waals surface area contributed by atoms with Crippen molar-refractivity contribution < 1.29 is 18.3 Å². The summed E-state index contributed by atoms with van der Waals surface area (Å²) in [5, 5.41) is 0. The van der Waals surface area contributed by atoms with Gasteiger partial charge < -0.3 is 4.74 Å². The van der Waals surface area contributed by atoms with Gasteiger partial charge in [0.1, 0.15) is 0 Å². The predicted octanol–water partition coefficient (Wildman–Crippen LogP) is 7.01. The highest BCUT2D eigenvalue weighted by Gasteiger charge is 2.50. The van der Waals surface area contributed by atoms with Gasteiger partial charge in [0.15, 0.2) is 11.6 Å². The van der Waals surface area contributed by atoms with E-state index in [1.807, 2.05) is 6.92 Å². The van der Waals surface area contributed by atoms with Crippen LogP contribution in [0.1, 0.15) is 90.0 Å². The molecule has 0 atom stereocenters. The Kier molecular flexibility index (Phi) is 6.57. The van der Waals surface area contributed by atoms with Gasteiger partial charge in [-0.2, -0.15) is 4.39 Å². The monoisotopic (exact) mass is 390 g/mol. The van der Waals surface area contributed by atoms with E-state index in [9.17, 15) is 13.6 Å². The summed E-state index contributed by atoms with van der Waals surface area (Å²) in [4.78, 5) is 11.7. The number of hydrogen-bond acceptors (Lipinski definition) is 2. The van der Waals surface area contributed by atoms with E-state index < -0.39 is 17.6 Å². The zero-order chi connectivity index (χ0) is 20.2. The highest BCUT2D eigenvalue weighted by atomic mass is 19.2. The Labute approximate surface area is 167 Å². The molecule has 3 fully saturated rings. The van der Waals surface area contributed by atoms with Gasteiger partial charge in [-0.3, -0.25) is 0 Å². The van der Waals surface area contributed by atoms with E-state index in [4.69, 9.17) is 4.74 Å². The number of halogens is 2. The van der Waals surface area contributed by atoms with Crippen LogP contribution in [0.25, 0.3) is 0 Å². The number of rotatable bonds is 8. The third-order valence-corrected chi connectivity index (χ3v) is 7.03. The van der Waals surface area contributed by atoms with Crippen LogP contribution in [0.15, 0.2) is 24.3 Å². The number of fused-ring (bicyclic) bond motifs is 3. The number of allylic oxidation sites excluding steroid dienone is 1. The molecule has 4 rings (SSSR count). The fourth-order valence-electron chi connectivity index (χ4n) is 5.17. The summed E-state index contributed by atoms with van der Waals surface area (Å²) in [6.07, 6.45) is 14.7. The van der Waals surface area contributed by atoms with Crippen LogP contribution in [-0.2, 0) is 10.2 Å². The summed E-state index contributed by atoms with van der Waals surface area (Å²) >= 11 is 0. The van der Waals surface area contributed by atoms with Crippen LogP contribution in [-0.4, -0.2) is 5.97 Å². The molecule has 0 aromatic heterocycles. The summed E-state index contributed by atoms with van der Waals surface area (Å²) < 4.78 is 34.6. The number of carbonyl (C=O) groups is 1. The first kappa shape index (κ1) is 21.0. The lowest BCUT2D eigenvalue weighted by Crippen LogP contribution is -2.44. The van der Waals surface area contributed by atoms with Crippen LogP contribution in [0.4, 0.5) is 8.78 Å². The second kappa shape index (κ2) is 8.75. The van der Waals surface area contributed by atoms with Crippen LogP contribution in [0.2, 0.25) is 0 Å². The van der Waals surface area contributed by atoms with E-state index in [-0.39, 0.29) is 11.2 Å². The van der Waals surface area contributed by atoms with Crippen molar-refractivity contribution >= 4 is 5.97 Å². The topological polar surface area (TPSA) is 26.3 Å². The van der Waals surface area contributed by atoms with Gasteiger partial charge in [0, 0.05) is 6.08 Å². The fourth-order valence-corrected chi connectivity index (χ4v) is 5.17. The molecule has 3 aliphatic rings. The van der Waals surface area contributed by atoms with Crippen molar-refractivity contribution in [2.75, 3.05) is 0 Å². The molecule has 4 heteroatoms. The van der Waals surface area contributed by atoms with Gasteiger partial charge in [0.25, 0.3) is 0 Å². The van der Waals surface area contributed by atoms with Crippen molar-refractivity contribution in [1.29, 1.82) is 0 Å². The number of carbonyl (C=O) groups excluding carboxylic acids is 1. The maximum absolute atomic E-state index is 15.0. The van der Waals surface area contributed by atoms with E-state index in [0.717, 1.165) is 38.5 Å². The predicted molar refractivity (Wildman–Crippen MR) is 107 cm³/mol. The summed E-state index contributed by atoms with van der Waals surface area (Å²) in [6.45, 7) is 4.10. The Morgan fingerprint density at radius 1 is 1.04 bits per heavy atom. The molecular weight excluding hydrogens is 358 g/mol. The van der Waals surface area contributed by atoms with Gasteiger partial charge in [-0.15, -0.1) is 0 Å². The SMILES string of the molecule is CC/C=C/C(=O)Oc1ccc(C23CCC(CCCCC)(CC2)CC3)c(F)c1F. The molecule has 0 aliphatic heterocycles. The zero-order valence-corrected chi connectivity index (χ0v) is 17.2. The third-order valence-electron chi connectivity index (χ3n) is 7.03. The minimum absolute atomic E-state index is 0.262. The molecule has 0 spiro atoms. The number of unbranched alkanes of at least 4 members (excludes halogenated alkanes) is 2. The molecule has 0 unspecified atom stereocenters. The molecule has 0 radical (unpaired) electrons. The molecule has 3 aliphatic carbocycles. The lowest BCUT2D eigenvalue weighted by atomic mass is 9.51. The van der Waals surface area contributed by atoms with Crippen LogP contribution in [0.5, 0.6) is 5.75 Å². The van der Waals surface area contributed by atoms with Crippen molar-refractivity contribution in [3.8, 4) is 5.75 Å². The molecule has 154 valence electrons. The highest BCUT2D eigenvalue weighted by molar-refractivity contribution is 5.84. The van der Waals surface area contributed by atoms with Gasteiger partial charge in [0.05, 0.1) is 0 Å². The number of hydrogen-bond donors (Lipinski definition) is 0. The standard InChI is InChI=1S/C24H32F2O2/c1-3-5-7-11-23-12-15-24(16-13-23,17-14-23)18-9-10-19(22(26)21(18)25)28-20(27)8-6-4-2/h6,8-10H,3-5,7,11-17H2,1-2H3/b8-6+. The van der Waals surface area contributed by atoms with E-state index in [0.29, 0.717) is 17.4 Å². The highest BCUT2D eigenvalue weighted by Crippen LogP contribution is 2.60. The molecule has 2 bridgehead atoms. The van der Waals surface area contributed by atoms with Crippen molar-refractivity contribution in [1.82, 2.24) is 0 Å². The maximum Gasteiger partial charge on any atom is 0.335 e. The van der Waals surface area contributed by atoms with E-state index in [2.05, 4.69) is 6.92 Å². The van der Waals surface area contributed by atoms with Gasteiger partial charge in [0.2, 0.25) is 5.82 Å². The van der Waals surface area contributed by atoms with Crippen LogP contribution >= 0.6 is 0 Å². The second-order valence-electron chi connectivity index (χ2n) is 8.71. The molecule has 1 aromatic carbocycles. The van der Waals surface area contributed by atoms with Crippen molar-refractivity contribution in [3.05, 3.63) is 41.5 Å². The van der Waals surface area contributed by atoms with E-state index in [1.165, 1.54) is 37.8 Å². The lowest BCUT2D eigenvalue weighted by Gasteiger charge is -2.54. The quantitative estimate of drug-likeness (QED) is 0.206. The summed E-state index contributed by atoms with van der Waals surface area (Å²) in [6, 6.07) is 3.05. The number of benzene rings is 1. The molecule has 0 amide bonds. The van der Waals surface area contributed by atoms with Gasteiger partial charge in [-0.1, -0.05) is 45.3 Å². The maximum atomic E-state index is 15.0. The summed E-state index contributed by atoms with van der Waals surface area (Å²) in [5.41, 5.74) is 0.630. The number of ether oxygens (including phenoxy) is 1. The summed E-state index contributed by atoms with van der Waals surface area (Å²) in [5.74, 6) is -2.90. The van der Waals surface area contributed by atoms with Crippen molar-refractivity contribution in [2.45, 2.75) is 89.9 Å². The molecule has 2 nitrogen and oxygen atoms in total. The van der Waals surface area contributed by atoms with E-state index >= 15 is 0 Å². The van der Waals surface area contributed by atoms with Crippen molar-refractivity contribution in [3.63, 3.8) is 0 Å². The Bertz CT molecular complexity index is 714. The Hall–Kier alpha value is -1.71. The first-order valence-electron chi connectivity index (χ1n) is 10.8. The largest absolute Gasteiger partial charge is 0.420 e. The van der Waals surface area contributed by atoms with Crippen LogP contribution in [0, 0.1) is 17.0 Å². The Balaban J connectivity index is 1.74. The average Bonchev–Trinajstić information content (AvgIpc) is 2.71. The molecule has 0 heterocycles. The minimum atomic E-state index is -1.05. The van der Waals surface area contributed by atoms with Gasteiger partial charge in [-0.05, 0) is 73.8 Å². The third kappa shape index (κ3) is 4.16. The minimum Gasteiger partial charge on any atom is -0.420 e. The molecule has 3 saturated carbocycles. The van der Waals surface area contributed by atoms with Crippen LogP contribution < -0.4 is 4.74 Å². The van der Waals surface area contributed by atoms with E-state index in [1.54, 1.807) is 12.1 Å². The molecule has 1 aromatic rings. The summed E-state index contributed by atoms with van der Waals surface area (Å²) in [7, 11) is 0. The molecule has 28 heavy (non-hydrogen) atoms.